The first kappa shape index (κ1) is 26.9. The topological polar surface area (TPSA) is 61.4 Å². The fourth-order valence-electron chi connectivity index (χ4n) is 5.43. The van der Waals surface area contributed by atoms with Crippen LogP contribution >= 0.6 is 0 Å². The maximum absolute atomic E-state index is 13.3. The highest BCUT2D eigenvalue weighted by Gasteiger charge is 2.35. The standard InChI is InChI=1S/C29H34F3N3O2/c1-20(36)33-25-6-2-4-22(18-25)10-13-28(37)34-24-11-8-21(9-12-24)14-16-35-17-15-26-23(19-35)5-3-7-27(26)29(30,31)32/h2-7,10,13,18,21,24H,8-9,11-12,14-17,19H2,1H3,(H,33,36)(H,34,37). The van der Waals surface area contributed by atoms with Crippen molar-refractivity contribution in [3.8, 4) is 0 Å². The van der Waals surface area contributed by atoms with Gasteiger partial charge in [0.1, 0.15) is 0 Å². The molecule has 0 spiro atoms. The van der Waals surface area contributed by atoms with Crippen LogP contribution in [0.15, 0.2) is 48.5 Å². The quantitative estimate of drug-likeness (QED) is 0.460. The van der Waals surface area contributed by atoms with E-state index in [4.69, 9.17) is 0 Å². The molecule has 2 aromatic carbocycles. The van der Waals surface area contributed by atoms with E-state index in [0.29, 0.717) is 36.7 Å². The number of alkyl halides is 3. The van der Waals surface area contributed by atoms with Crippen molar-refractivity contribution in [2.75, 3.05) is 18.4 Å². The van der Waals surface area contributed by atoms with Crippen LogP contribution in [0.4, 0.5) is 18.9 Å². The summed E-state index contributed by atoms with van der Waals surface area (Å²) in [6, 6.07) is 12.0. The molecule has 0 aromatic heterocycles. The summed E-state index contributed by atoms with van der Waals surface area (Å²) in [6.07, 6.45) is 4.37. The van der Waals surface area contributed by atoms with E-state index < -0.39 is 11.7 Å². The lowest BCUT2D eigenvalue weighted by molar-refractivity contribution is -0.138. The van der Waals surface area contributed by atoms with E-state index in [9.17, 15) is 22.8 Å². The molecule has 1 aliphatic carbocycles. The Hall–Kier alpha value is -3.13. The number of fused-ring (bicyclic) bond motifs is 1. The van der Waals surface area contributed by atoms with Gasteiger partial charge in [-0.05, 0) is 92.0 Å². The summed E-state index contributed by atoms with van der Waals surface area (Å²) in [5.41, 5.74) is 2.28. The molecule has 2 N–H and O–H groups in total. The number of carbonyl (C=O) groups is 2. The van der Waals surface area contributed by atoms with Crippen molar-refractivity contribution in [1.29, 1.82) is 0 Å². The summed E-state index contributed by atoms with van der Waals surface area (Å²) < 4.78 is 39.9. The number of halogens is 3. The predicted molar refractivity (Wildman–Crippen MR) is 139 cm³/mol. The highest BCUT2D eigenvalue weighted by atomic mass is 19.4. The molecular formula is C29H34F3N3O2. The molecule has 2 aliphatic rings. The average Bonchev–Trinajstić information content (AvgIpc) is 2.86. The first-order valence-electron chi connectivity index (χ1n) is 12.9. The van der Waals surface area contributed by atoms with E-state index in [-0.39, 0.29) is 17.9 Å². The van der Waals surface area contributed by atoms with Crippen molar-refractivity contribution < 1.29 is 22.8 Å². The van der Waals surface area contributed by atoms with Gasteiger partial charge in [-0.1, -0.05) is 24.3 Å². The Morgan fingerprint density at radius 3 is 2.57 bits per heavy atom. The summed E-state index contributed by atoms with van der Waals surface area (Å²) in [5, 5.41) is 5.82. The number of nitrogens with one attached hydrogen (secondary N) is 2. The third-order valence-corrected chi connectivity index (χ3v) is 7.33. The van der Waals surface area contributed by atoms with Crippen LogP contribution in [-0.2, 0) is 28.7 Å². The van der Waals surface area contributed by atoms with Gasteiger partial charge >= 0.3 is 6.18 Å². The molecule has 2 aromatic rings. The minimum Gasteiger partial charge on any atom is -0.350 e. The van der Waals surface area contributed by atoms with Gasteiger partial charge in [0.15, 0.2) is 0 Å². The Morgan fingerprint density at radius 1 is 1.08 bits per heavy atom. The monoisotopic (exact) mass is 513 g/mol. The molecule has 0 atom stereocenters. The smallest absolute Gasteiger partial charge is 0.350 e. The maximum atomic E-state index is 13.3. The fourth-order valence-corrected chi connectivity index (χ4v) is 5.43. The number of benzene rings is 2. The number of carbonyl (C=O) groups excluding carboxylic acids is 2. The van der Waals surface area contributed by atoms with Crippen LogP contribution in [0.5, 0.6) is 0 Å². The van der Waals surface area contributed by atoms with Gasteiger partial charge in [0.2, 0.25) is 11.8 Å². The van der Waals surface area contributed by atoms with E-state index in [2.05, 4.69) is 15.5 Å². The number of nitrogens with zero attached hydrogens (tertiary/aromatic N) is 1. The van der Waals surface area contributed by atoms with Crippen LogP contribution in [0.1, 0.15) is 61.3 Å². The molecule has 1 heterocycles. The second kappa shape index (κ2) is 11.9. The molecular weight excluding hydrogens is 479 g/mol. The first-order chi connectivity index (χ1) is 17.7. The Balaban J connectivity index is 1.19. The molecule has 5 nitrogen and oxygen atoms in total. The van der Waals surface area contributed by atoms with Crippen molar-refractivity contribution in [3.63, 3.8) is 0 Å². The van der Waals surface area contributed by atoms with Crippen LogP contribution in [-0.4, -0.2) is 35.8 Å². The van der Waals surface area contributed by atoms with Crippen LogP contribution in [0.25, 0.3) is 6.08 Å². The van der Waals surface area contributed by atoms with Gasteiger partial charge in [-0.3, -0.25) is 14.5 Å². The number of anilines is 1. The van der Waals surface area contributed by atoms with Crippen molar-refractivity contribution in [2.45, 2.75) is 64.2 Å². The minimum atomic E-state index is -4.30. The third kappa shape index (κ3) is 7.68. The summed E-state index contributed by atoms with van der Waals surface area (Å²) in [7, 11) is 0. The van der Waals surface area contributed by atoms with E-state index in [1.807, 2.05) is 24.3 Å². The zero-order chi connectivity index (χ0) is 26.4. The summed E-state index contributed by atoms with van der Waals surface area (Å²) in [6.45, 7) is 3.57. The predicted octanol–water partition coefficient (Wildman–Crippen LogP) is 5.80. The minimum absolute atomic E-state index is 0.126. The number of rotatable bonds is 7. The first-order valence-corrected chi connectivity index (χ1v) is 12.9. The van der Waals surface area contributed by atoms with Gasteiger partial charge in [-0.15, -0.1) is 0 Å². The summed E-state index contributed by atoms with van der Waals surface area (Å²) in [5.74, 6) is 0.303. The third-order valence-electron chi connectivity index (χ3n) is 7.33. The maximum Gasteiger partial charge on any atom is 0.416 e. The highest BCUT2D eigenvalue weighted by Crippen LogP contribution is 2.36. The fraction of sp³-hybridized carbons (Fsp3) is 0.448. The Labute approximate surface area is 216 Å². The Morgan fingerprint density at radius 2 is 1.84 bits per heavy atom. The van der Waals surface area contributed by atoms with Crippen molar-refractivity contribution in [1.82, 2.24) is 10.2 Å². The lowest BCUT2D eigenvalue weighted by Gasteiger charge is -2.33. The SMILES string of the molecule is CC(=O)Nc1cccc(C=CC(=O)NC2CCC(CCN3CCc4c(cccc4C(F)(F)F)C3)CC2)c1. The number of hydrogen-bond donors (Lipinski definition) is 2. The van der Waals surface area contributed by atoms with E-state index in [1.165, 1.54) is 25.1 Å². The normalized spacial score (nSPS) is 20.4. The van der Waals surface area contributed by atoms with Gasteiger partial charge < -0.3 is 10.6 Å². The zero-order valence-corrected chi connectivity index (χ0v) is 21.1. The average molecular weight is 514 g/mol. The lowest BCUT2D eigenvalue weighted by Crippen LogP contribution is -2.37. The van der Waals surface area contributed by atoms with Crippen molar-refractivity contribution in [2.24, 2.45) is 5.92 Å². The van der Waals surface area contributed by atoms with Crippen molar-refractivity contribution in [3.05, 3.63) is 70.8 Å². The largest absolute Gasteiger partial charge is 0.416 e. The van der Waals surface area contributed by atoms with Crippen LogP contribution < -0.4 is 10.6 Å². The molecule has 2 amide bonds. The van der Waals surface area contributed by atoms with Gasteiger partial charge in [-0.2, -0.15) is 13.2 Å². The summed E-state index contributed by atoms with van der Waals surface area (Å²) in [4.78, 5) is 25.9. The van der Waals surface area contributed by atoms with E-state index >= 15 is 0 Å². The Kier molecular flexibility index (Phi) is 8.69. The summed E-state index contributed by atoms with van der Waals surface area (Å²) >= 11 is 0. The highest BCUT2D eigenvalue weighted by molar-refractivity contribution is 5.92. The molecule has 198 valence electrons. The second-order valence-electron chi connectivity index (χ2n) is 10.1. The van der Waals surface area contributed by atoms with Gasteiger partial charge in [0.05, 0.1) is 5.56 Å². The molecule has 8 heteroatoms. The molecule has 1 aliphatic heterocycles. The molecule has 0 bridgehead atoms. The molecule has 0 saturated heterocycles. The Bertz CT molecular complexity index is 1140. The van der Waals surface area contributed by atoms with Crippen LogP contribution in [0.3, 0.4) is 0 Å². The number of amides is 2. The van der Waals surface area contributed by atoms with E-state index in [1.54, 1.807) is 12.1 Å². The molecule has 0 radical (unpaired) electrons. The molecule has 0 unspecified atom stereocenters. The van der Waals surface area contributed by atoms with E-state index in [0.717, 1.165) is 49.8 Å². The molecule has 37 heavy (non-hydrogen) atoms. The van der Waals surface area contributed by atoms with Gasteiger partial charge in [-0.25, -0.2) is 0 Å². The van der Waals surface area contributed by atoms with Crippen LogP contribution in [0, 0.1) is 5.92 Å². The van der Waals surface area contributed by atoms with Gasteiger partial charge in [0.25, 0.3) is 0 Å². The van der Waals surface area contributed by atoms with Crippen LogP contribution in [0.2, 0.25) is 0 Å². The molecule has 1 saturated carbocycles. The van der Waals surface area contributed by atoms with Crippen molar-refractivity contribution >= 4 is 23.6 Å². The zero-order valence-electron chi connectivity index (χ0n) is 21.1. The van der Waals surface area contributed by atoms with Gasteiger partial charge in [0, 0.05) is 37.8 Å². The number of hydrogen-bond acceptors (Lipinski definition) is 3. The lowest BCUT2D eigenvalue weighted by atomic mass is 9.83. The second-order valence-corrected chi connectivity index (χ2v) is 10.1. The molecule has 1 fully saturated rings. The molecule has 4 rings (SSSR count).